The van der Waals surface area contributed by atoms with Crippen LogP contribution in [0.3, 0.4) is 0 Å². The Morgan fingerprint density at radius 1 is 1.19 bits per heavy atom. The van der Waals surface area contributed by atoms with Gasteiger partial charge < -0.3 is 10.1 Å². The zero-order valence-corrected chi connectivity index (χ0v) is 13.9. The van der Waals surface area contributed by atoms with Crippen LogP contribution in [0.25, 0.3) is 0 Å². The van der Waals surface area contributed by atoms with E-state index in [1.165, 1.54) is 36.8 Å². The van der Waals surface area contributed by atoms with Crippen LogP contribution in [0.5, 0.6) is 0 Å². The molecule has 0 amide bonds. The van der Waals surface area contributed by atoms with Crippen molar-refractivity contribution in [3.63, 3.8) is 0 Å². The van der Waals surface area contributed by atoms with Crippen molar-refractivity contribution in [1.29, 1.82) is 0 Å². The Hall–Kier alpha value is -0.860. The average Bonchev–Trinajstić information content (AvgIpc) is 2.41. The van der Waals surface area contributed by atoms with E-state index in [9.17, 15) is 0 Å². The molecule has 0 heterocycles. The number of hydrogen-bond donors (Lipinski definition) is 1. The van der Waals surface area contributed by atoms with Gasteiger partial charge in [-0.05, 0) is 42.9 Å². The Labute approximate surface area is 130 Å². The van der Waals surface area contributed by atoms with Crippen LogP contribution in [0, 0.1) is 11.8 Å². The van der Waals surface area contributed by atoms with Crippen molar-refractivity contribution in [2.45, 2.75) is 52.0 Å². The molecule has 1 aromatic rings. The topological polar surface area (TPSA) is 21.3 Å². The first-order chi connectivity index (χ1) is 10.2. The normalized spacial score (nSPS) is 17.0. The highest BCUT2D eigenvalue weighted by Gasteiger charge is 2.17. The summed E-state index contributed by atoms with van der Waals surface area (Å²) in [5, 5.41) is 3.37. The van der Waals surface area contributed by atoms with Crippen molar-refractivity contribution in [2.24, 2.45) is 11.8 Å². The number of ether oxygens (including phenoxy) is 1. The van der Waals surface area contributed by atoms with E-state index >= 15 is 0 Å². The second-order valence-corrected chi connectivity index (χ2v) is 6.84. The molecule has 1 N–H and O–H groups in total. The Kier molecular flexibility index (Phi) is 6.72. The van der Waals surface area contributed by atoms with E-state index in [-0.39, 0.29) is 0 Å². The predicted octanol–water partition coefficient (Wildman–Crippen LogP) is 4.35. The van der Waals surface area contributed by atoms with Crippen LogP contribution in [0.2, 0.25) is 0 Å². The summed E-state index contributed by atoms with van der Waals surface area (Å²) in [6.45, 7) is 6.21. The molecule has 2 rings (SSSR count). The number of benzene rings is 1. The molecule has 0 spiro atoms. The molecule has 1 unspecified atom stereocenters. The van der Waals surface area contributed by atoms with Gasteiger partial charge in [0.2, 0.25) is 0 Å². The van der Waals surface area contributed by atoms with Crippen LogP contribution in [0.4, 0.5) is 0 Å². The summed E-state index contributed by atoms with van der Waals surface area (Å²) in [5.41, 5.74) is 2.75. The van der Waals surface area contributed by atoms with E-state index in [1.54, 1.807) is 0 Å². The quantitative estimate of drug-likeness (QED) is 0.682. The molecule has 1 aliphatic rings. The van der Waals surface area contributed by atoms with E-state index in [0.29, 0.717) is 12.0 Å². The van der Waals surface area contributed by atoms with Gasteiger partial charge in [-0.2, -0.15) is 0 Å². The third-order valence-electron chi connectivity index (χ3n) is 4.55. The van der Waals surface area contributed by atoms with Crippen LogP contribution in [0.15, 0.2) is 24.3 Å². The molecular weight excluding hydrogens is 258 g/mol. The lowest BCUT2D eigenvalue weighted by molar-refractivity contribution is 0.0904. The molecule has 0 saturated heterocycles. The van der Waals surface area contributed by atoms with E-state index in [1.807, 2.05) is 7.05 Å². The molecule has 118 valence electrons. The molecule has 1 fully saturated rings. The van der Waals surface area contributed by atoms with Gasteiger partial charge in [0, 0.05) is 6.61 Å². The smallest absolute Gasteiger partial charge is 0.0661 e. The summed E-state index contributed by atoms with van der Waals surface area (Å²) >= 11 is 0. The molecule has 0 radical (unpaired) electrons. The third kappa shape index (κ3) is 5.44. The fourth-order valence-electron chi connectivity index (χ4n) is 2.94. The van der Waals surface area contributed by atoms with E-state index in [4.69, 9.17) is 4.74 Å². The van der Waals surface area contributed by atoms with Crippen molar-refractivity contribution in [3.05, 3.63) is 35.4 Å². The summed E-state index contributed by atoms with van der Waals surface area (Å²) in [6, 6.07) is 9.31. The maximum Gasteiger partial charge on any atom is 0.0661 e. The van der Waals surface area contributed by atoms with Gasteiger partial charge in [-0.1, -0.05) is 57.4 Å². The highest BCUT2D eigenvalue weighted by molar-refractivity contribution is 5.25. The Morgan fingerprint density at radius 3 is 2.43 bits per heavy atom. The highest BCUT2D eigenvalue weighted by Crippen LogP contribution is 2.29. The Bertz CT molecular complexity index is 395. The SMILES string of the molecule is CNC(COCCC1CCC1)c1ccc(CC(C)C)cc1. The molecular formula is C19H31NO. The van der Waals surface area contributed by atoms with Gasteiger partial charge in [0.15, 0.2) is 0 Å². The fourth-order valence-corrected chi connectivity index (χ4v) is 2.94. The third-order valence-corrected chi connectivity index (χ3v) is 4.55. The number of hydrogen-bond acceptors (Lipinski definition) is 2. The minimum absolute atomic E-state index is 0.305. The molecule has 21 heavy (non-hydrogen) atoms. The predicted molar refractivity (Wildman–Crippen MR) is 89.6 cm³/mol. The monoisotopic (exact) mass is 289 g/mol. The maximum atomic E-state index is 5.88. The summed E-state index contributed by atoms with van der Waals surface area (Å²) in [4.78, 5) is 0. The van der Waals surface area contributed by atoms with Crippen molar-refractivity contribution in [2.75, 3.05) is 20.3 Å². The van der Waals surface area contributed by atoms with E-state index in [2.05, 4.69) is 43.4 Å². The minimum Gasteiger partial charge on any atom is -0.379 e. The number of likely N-dealkylation sites (N-methyl/N-ethyl adjacent to an activating group) is 1. The lowest BCUT2D eigenvalue weighted by atomic mass is 9.83. The zero-order valence-electron chi connectivity index (χ0n) is 13.9. The molecule has 2 heteroatoms. The summed E-state index contributed by atoms with van der Waals surface area (Å²) < 4.78 is 5.88. The van der Waals surface area contributed by atoms with Gasteiger partial charge in [0.1, 0.15) is 0 Å². The average molecular weight is 289 g/mol. The summed E-state index contributed by atoms with van der Waals surface area (Å²) in [7, 11) is 2.02. The summed E-state index contributed by atoms with van der Waals surface area (Å²) in [5.74, 6) is 1.65. The molecule has 1 aromatic carbocycles. The van der Waals surface area contributed by atoms with Gasteiger partial charge in [0.05, 0.1) is 12.6 Å². The van der Waals surface area contributed by atoms with E-state index in [0.717, 1.165) is 25.6 Å². The molecule has 1 aliphatic carbocycles. The molecule has 2 nitrogen and oxygen atoms in total. The van der Waals surface area contributed by atoms with Crippen molar-refractivity contribution >= 4 is 0 Å². The first-order valence-electron chi connectivity index (χ1n) is 8.53. The molecule has 1 saturated carbocycles. The van der Waals surface area contributed by atoms with Crippen LogP contribution >= 0.6 is 0 Å². The van der Waals surface area contributed by atoms with Gasteiger partial charge in [0.25, 0.3) is 0 Å². The largest absolute Gasteiger partial charge is 0.379 e. The zero-order chi connectivity index (χ0) is 15.1. The molecule has 0 aliphatic heterocycles. The first kappa shape index (κ1) is 16.5. The maximum absolute atomic E-state index is 5.88. The molecule has 0 bridgehead atoms. The summed E-state index contributed by atoms with van der Waals surface area (Å²) in [6.07, 6.45) is 6.64. The van der Waals surface area contributed by atoms with Crippen LogP contribution < -0.4 is 5.32 Å². The second-order valence-electron chi connectivity index (χ2n) is 6.84. The van der Waals surface area contributed by atoms with Crippen molar-refractivity contribution < 1.29 is 4.74 Å². The van der Waals surface area contributed by atoms with Crippen molar-refractivity contribution in [1.82, 2.24) is 5.32 Å². The Balaban J connectivity index is 1.76. The van der Waals surface area contributed by atoms with E-state index < -0.39 is 0 Å². The minimum atomic E-state index is 0.305. The molecule has 1 atom stereocenters. The lowest BCUT2D eigenvalue weighted by Gasteiger charge is -2.25. The Morgan fingerprint density at radius 2 is 1.90 bits per heavy atom. The fraction of sp³-hybridized carbons (Fsp3) is 0.684. The standard InChI is InChI=1S/C19H31NO/c1-15(2)13-17-7-9-18(10-8-17)19(20-3)14-21-12-11-16-5-4-6-16/h7-10,15-16,19-20H,4-6,11-14H2,1-3H3. The lowest BCUT2D eigenvalue weighted by Crippen LogP contribution is -2.23. The van der Waals surface area contributed by atoms with Gasteiger partial charge in [-0.25, -0.2) is 0 Å². The number of rotatable bonds is 9. The van der Waals surface area contributed by atoms with Gasteiger partial charge in [-0.15, -0.1) is 0 Å². The van der Waals surface area contributed by atoms with Crippen LogP contribution in [0.1, 0.15) is 56.7 Å². The molecule has 0 aromatic heterocycles. The van der Waals surface area contributed by atoms with Crippen molar-refractivity contribution in [3.8, 4) is 0 Å². The van der Waals surface area contributed by atoms with Crippen LogP contribution in [-0.4, -0.2) is 20.3 Å². The second kappa shape index (κ2) is 8.55. The first-order valence-corrected chi connectivity index (χ1v) is 8.53. The number of nitrogens with one attached hydrogen (secondary N) is 1. The highest BCUT2D eigenvalue weighted by atomic mass is 16.5. The van der Waals surface area contributed by atoms with Gasteiger partial charge >= 0.3 is 0 Å². The van der Waals surface area contributed by atoms with Gasteiger partial charge in [-0.3, -0.25) is 0 Å². The van der Waals surface area contributed by atoms with Crippen LogP contribution in [-0.2, 0) is 11.2 Å².